The maximum absolute atomic E-state index is 12.8. The smallest absolute Gasteiger partial charge is 0.417 e. The fourth-order valence-corrected chi connectivity index (χ4v) is 1.53. The number of halogens is 5. The number of rotatable bonds is 4. The van der Waals surface area contributed by atoms with E-state index in [-0.39, 0.29) is 6.61 Å². The van der Waals surface area contributed by atoms with Gasteiger partial charge in [-0.05, 0) is 12.5 Å². The quantitative estimate of drug-likeness (QED) is 0.629. The molecule has 0 saturated heterocycles. The van der Waals surface area contributed by atoms with Crippen molar-refractivity contribution in [1.29, 1.82) is 0 Å². The van der Waals surface area contributed by atoms with Crippen molar-refractivity contribution < 1.29 is 31.5 Å². The van der Waals surface area contributed by atoms with Gasteiger partial charge in [-0.2, -0.15) is 13.2 Å². The Kier molecular flexibility index (Phi) is 4.79. The lowest BCUT2D eigenvalue weighted by atomic mass is 10.0. The van der Waals surface area contributed by atoms with Crippen LogP contribution in [0.4, 0.5) is 22.0 Å². The van der Waals surface area contributed by atoms with Gasteiger partial charge >= 0.3 is 12.1 Å². The third-order valence-electron chi connectivity index (χ3n) is 2.21. The highest BCUT2D eigenvalue weighted by Crippen LogP contribution is 2.38. The molecule has 0 radical (unpaired) electrons. The average molecular weight is 283 g/mol. The molecule has 1 aromatic heterocycles. The van der Waals surface area contributed by atoms with Gasteiger partial charge in [-0.1, -0.05) is 0 Å². The Bertz CT molecular complexity index is 459. The molecular formula is C11H10F5NO2. The second kappa shape index (κ2) is 5.94. The van der Waals surface area contributed by atoms with Gasteiger partial charge in [-0.3, -0.25) is 9.78 Å². The van der Waals surface area contributed by atoms with Crippen molar-refractivity contribution in [2.45, 2.75) is 25.9 Å². The van der Waals surface area contributed by atoms with E-state index in [0.29, 0.717) is 6.20 Å². The number of pyridine rings is 1. The van der Waals surface area contributed by atoms with E-state index in [4.69, 9.17) is 0 Å². The first-order valence-electron chi connectivity index (χ1n) is 5.25. The molecule has 0 unspecified atom stereocenters. The molecule has 106 valence electrons. The molecule has 0 saturated carbocycles. The Morgan fingerprint density at radius 1 is 1.37 bits per heavy atom. The minimum atomic E-state index is -4.99. The van der Waals surface area contributed by atoms with Gasteiger partial charge < -0.3 is 4.74 Å². The molecule has 0 amide bonds. The molecule has 0 N–H and O–H groups in total. The predicted molar refractivity (Wildman–Crippen MR) is 54.5 cm³/mol. The van der Waals surface area contributed by atoms with Gasteiger partial charge in [0.1, 0.15) is 0 Å². The highest BCUT2D eigenvalue weighted by atomic mass is 19.4. The van der Waals surface area contributed by atoms with Crippen molar-refractivity contribution in [3.63, 3.8) is 0 Å². The summed E-state index contributed by atoms with van der Waals surface area (Å²) in [6.07, 6.45) is -7.88. The van der Waals surface area contributed by atoms with Crippen molar-refractivity contribution in [2.24, 2.45) is 0 Å². The summed E-state index contributed by atoms with van der Waals surface area (Å²) in [6.45, 7) is 1.47. The van der Waals surface area contributed by atoms with E-state index in [2.05, 4.69) is 9.72 Å². The highest BCUT2D eigenvalue weighted by Gasteiger charge is 2.39. The van der Waals surface area contributed by atoms with E-state index in [1.807, 2.05) is 0 Å². The Hall–Kier alpha value is -1.73. The van der Waals surface area contributed by atoms with E-state index in [9.17, 15) is 26.7 Å². The molecule has 8 heteroatoms. The van der Waals surface area contributed by atoms with E-state index < -0.39 is 41.7 Å². The number of hydrogen-bond acceptors (Lipinski definition) is 3. The Morgan fingerprint density at radius 2 is 2.00 bits per heavy atom. The molecule has 0 atom stereocenters. The Balaban J connectivity index is 3.24. The first kappa shape index (κ1) is 15.3. The molecule has 0 aliphatic carbocycles. The summed E-state index contributed by atoms with van der Waals surface area (Å²) >= 11 is 0. The van der Waals surface area contributed by atoms with E-state index in [1.54, 1.807) is 0 Å². The Labute approximate surface area is 105 Å². The van der Waals surface area contributed by atoms with Crippen LogP contribution in [0, 0.1) is 0 Å². The predicted octanol–water partition coefficient (Wildman–Crippen LogP) is 3.14. The molecule has 19 heavy (non-hydrogen) atoms. The van der Waals surface area contributed by atoms with Gasteiger partial charge in [0, 0.05) is 18.0 Å². The number of esters is 1. The SMILES string of the molecule is CCOC(=O)Cc1cncc(C(F)F)c1C(F)(F)F. The third-order valence-corrected chi connectivity index (χ3v) is 2.21. The minimum absolute atomic E-state index is 0.0118. The number of aromatic nitrogens is 1. The summed E-state index contributed by atoms with van der Waals surface area (Å²) in [6, 6.07) is 0. The molecule has 1 heterocycles. The molecule has 0 spiro atoms. The zero-order chi connectivity index (χ0) is 14.6. The van der Waals surface area contributed by atoms with Crippen LogP contribution < -0.4 is 0 Å². The molecule has 0 fully saturated rings. The monoisotopic (exact) mass is 283 g/mol. The number of ether oxygens (including phenoxy) is 1. The van der Waals surface area contributed by atoms with Crippen molar-refractivity contribution in [3.05, 3.63) is 29.1 Å². The second-order valence-corrected chi connectivity index (χ2v) is 3.54. The number of carbonyl (C=O) groups excluding carboxylic acids is 1. The maximum atomic E-state index is 12.8. The van der Waals surface area contributed by atoms with Crippen LogP contribution in [0.5, 0.6) is 0 Å². The fourth-order valence-electron chi connectivity index (χ4n) is 1.53. The van der Waals surface area contributed by atoms with E-state index in [1.165, 1.54) is 6.92 Å². The summed E-state index contributed by atoms with van der Waals surface area (Å²) in [4.78, 5) is 14.5. The van der Waals surface area contributed by atoms with Crippen molar-refractivity contribution >= 4 is 5.97 Å². The normalized spacial score (nSPS) is 11.7. The molecule has 0 aliphatic heterocycles. The molecule has 1 rings (SSSR count). The highest BCUT2D eigenvalue weighted by molar-refractivity contribution is 5.73. The summed E-state index contributed by atoms with van der Waals surface area (Å²) in [5.74, 6) is -0.929. The zero-order valence-electron chi connectivity index (χ0n) is 9.80. The summed E-state index contributed by atoms with van der Waals surface area (Å²) < 4.78 is 68.0. The van der Waals surface area contributed by atoms with Crippen molar-refractivity contribution in [2.75, 3.05) is 6.61 Å². The van der Waals surface area contributed by atoms with Gasteiger partial charge in [0.05, 0.1) is 18.6 Å². The fraction of sp³-hybridized carbons (Fsp3) is 0.455. The number of nitrogens with zero attached hydrogens (tertiary/aromatic N) is 1. The first-order chi connectivity index (χ1) is 8.77. The van der Waals surface area contributed by atoms with Crippen LogP contribution in [0.2, 0.25) is 0 Å². The van der Waals surface area contributed by atoms with Crippen LogP contribution in [0.3, 0.4) is 0 Å². The number of carbonyl (C=O) groups is 1. The van der Waals surface area contributed by atoms with Crippen LogP contribution in [-0.2, 0) is 22.1 Å². The van der Waals surface area contributed by atoms with E-state index in [0.717, 1.165) is 6.20 Å². The van der Waals surface area contributed by atoms with Gasteiger partial charge in [0.15, 0.2) is 0 Å². The van der Waals surface area contributed by atoms with Crippen LogP contribution in [0.1, 0.15) is 30.0 Å². The van der Waals surface area contributed by atoms with Crippen molar-refractivity contribution in [1.82, 2.24) is 4.98 Å². The maximum Gasteiger partial charge on any atom is 0.417 e. The molecule has 3 nitrogen and oxygen atoms in total. The first-order valence-corrected chi connectivity index (χ1v) is 5.25. The molecule has 0 bridgehead atoms. The minimum Gasteiger partial charge on any atom is -0.466 e. The average Bonchev–Trinajstić information content (AvgIpc) is 2.27. The van der Waals surface area contributed by atoms with Crippen LogP contribution in [0.25, 0.3) is 0 Å². The molecule has 1 aromatic rings. The zero-order valence-corrected chi connectivity index (χ0v) is 9.80. The summed E-state index contributed by atoms with van der Waals surface area (Å²) in [7, 11) is 0. The molecule has 0 aromatic carbocycles. The lowest BCUT2D eigenvalue weighted by molar-refractivity contribution is -0.144. The third kappa shape index (κ3) is 3.87. The van der Waals surface area contributed by atoms with Gasteiger partial charge in [-0.25, -0.2) is 8.78 Å². The second-order valence-electron chi connectivity index (χ2n) is 3.54. The lowest BCUT2D eigenvalue weighted by Gasteiger charge is -2.16. The summed E-state index contributed by atoms with van der Waals surface area (Å²) in [5, 5.41) is 0. The van der Waals surface area contributed by atoms with E-state index >= 15 is 0 Å². The van der Waals surface area contributed by atoms with Crippen LogP contribution >= 0.6 is 0 Å². The van der Waals surface area contributed by atoms with Crippen molar-refractivity contribution in [3.8, 4) is 0 Å². The number of alkyl halides is 5. The van der Waals surface area contributed by atoms with Crippen LogP contribution in [0.15, 0.2) is 12.4 Å². The molecular weight excluding hydrogens is 273 g/mol. The van der Waals surface area contributed by atoms with Gasteiger partial charge in [0.2, 0.25) is 0 Å². The Morgan fingerprint density at radius 3 is 2.47 bits per heavy atom. The van der Waals surface area contributed by atoms with Crippen LogP contribution in [-0.4, -0.2) is 17.6 Å². The lowest BCUT2D eigenvalue weighted by Crippen LogP contribution is -2.17. The standard InChI is InChI=1S/C11H10F5NO2/c1-2-19-8(18)3-6-4-17-5-7(10(12)13)9(6)11(14,15)16/h4-5,10H,2-3H2,1H3. The number of hydrogen-bond donors (Lipinski definition) is 0. The largest absolute Gasteiger partial charge is 0.466 e. The molecule has 0 aliphatic rings. The van der Waals surface area contributed by atoms with Gasteiger partial charge in [-0.15, -0.1) is 0 Å². The summed E-state index contributed by atoms with van der Waals surface area (Å²) in [5.41, 5.74) is -3.39. The van der Waals surface area contributed by atoms with Gasteiger partial charge in [0.25, 0.3) is 6.43 Å². The topological polar surface area (TPSA) is 39.2 Å².